The average Bonchev–Trinajstić information content (AvgIpc) is 3.08. The first-order valence-electron chi connectivity index (χ1n) is 9.83. The van der Waals surface area contributed by atoms with Gasteiger partial charge in [0.05, 0.1) is 24.0 Å². The molecule has 5 nitrogen and oxygen atoms in total. The number of hydrogen-bond acceptors (Lipinski definition) is 4. The van der Waals surface area contributed by atoms with Crippen LogP contribution in [0.2, 0.25) is 0 Å². The van der Waals surface area contributed by atoms with Gasteiger partial charge < -0.3 is 15.7 Å². The van der Waals surface area contributed by atoms with Crippen LogP contribution in [0.25, 0.3) is 16.6 Å². The molecule has 0 radical (unpaired) electrons. The minimum atomic E-state index is -0.882. The van der Waals surface area contributed by atoms with Crippen molar-refractivity contribution in [1.29, 1.82) is 0 Å². The molecule has 0 atom stereocenters. The van der Waals surface area contributed by atoms with Crippen molar-refractivity contribution in [2.24, 2.45) is 5.73 Å². The Morgan fingerprint density at radius 1 is 1.17 bits per heavy atom. The van der Waals surface area contributed by atoms with Gasteiger partial charge in [-0.1, -0.05) is 20.8 Å². The number of benzene rings is 2. The van der Waals surface area contributed by atoms with E-state index >= 15 is 0 Å². The lowest BCUT2D eigenvalue weighted by molar-refractivity contribution is 0.302. The van der Waals surface area contributed by atoms with Crippen LogP contribution in [-0.4, -0.2) is 40.6 Å². The van der Waals surface area contributed by atoms with Crippen LogP contribution in [0.5, 0.6) is 0 Å². The van der Waals surface area contributed by atoms with Gasteiger partial charge in [-0.05, 0) is 49.2 Å². The number of aliphatic hydroxyl groups is 1. The minimum absolute atomic E-state index is 0.0887. The molecule has 0 fully saturated rings. The molecule has 1 aromatic heterocycles. The molecule has 0 saturated heterocycles. The molecule has 29 heavy (non-hydrogen) atoms. The van der Waals surface area contributed by atoms with E-state index in [0.29, 0.717) is 18.3 Å². The van der Waals surface area contributed by atoms with Crippen LogP contribution < -0.4 is 10.6 Å². The monoisotopic (exact) mass is 404 g/mol. The second-order valence-corrected chi connectivity index (χ2v) is 7.31. The van der Waals surface area contributed by atoms with Crippen LogP contribution in [0.1, 0.15) is 32.8 Å². The van der Waals surface area contributed by atoms with Crippen molar-refractivity contribution in [1.82, 2.24) is 9.78 Å². The Morgan fingerprint density at radius 3 is 2.45 bits per heavy atom. The van der Waals surface area contributed by atoms with Gasteiger partial charge in [-0.25, -0.2) is 13.5 Å². The Balaban J connectivity index is 0.000000687. The molecule has 0 saturated carbocycles. The van der Waals surface area contributed by atoms with Gasteiger partial charge in [0.1, 0.15) is 0 Å². The van der Waals surface area contributed by atoms with Crippen molar-refractivity contribution in [3.05, 3.63) is 53.7 Å². The van der Waals surface area contributed by atoms with Gasteiger partial charge in [-0.15, -0.1) is 0 Å². The summed E-state index contributed by atoms with van der Waals surface area (Å²) in [6.45, 7) is 9.01. The third-order valence-corrected chi connectivity index (χ3v) is 4.22. The minimum Gasteiger partial charge on any atom is -0.395 e. The van der Waals surface area contributed by atoms with Crippen molar-refractivity contribution < 1.29 is 13.9 Å². The number of rotatable bonds is 6. The largest absolute Gasteiger partial charge is 0.395 e. The number of halogens is 2. The number of aromatic nitrogens is 2. The summed E-state index contributed by atoms with van der Waals surface area (Å²) >= 11 is 0. The van der Waals surface area contributed by atoms with Crippen molar-refractivity contribution in [3.63, 3.8) is 0 Å². The number of aryl methyl sites for hydroxylation is 1. The van der Waals surface area contributed by atoms with Gasteiger partial charge in [0.15, 0.2) is 11.6 Å². The average molecular weight is 405 g/mol. The summed E-state index contributed by atoms with van der Waals surface area (Å²) in [7, 11) is 0. The fourth-order valence-electron chi connectivity index (χ4n) is 3.01. The van der Waals surface area contributed by atoms with Gasteiger partial charge in [-0.3, -0.25) is 0 Å². The second-order valence-electron chi connectivity index (χ2n) is 7.31. The highest BCUT2D eigenvalue weighted by Gasteiger charge is 2.13. The molecule has 7 heteroatoms. The maximum atomic E-state index is 13.7. The summed E-state index contributed by atoms with van der Waals surface area (Å²) in [4.78, 5) is 2.11. The standard InChI is InChI=1S/C19H21F2N3O.C3H9N/c1-3-6-23(7-8-25)15-4-5-18-14(10-15)12-22-24(18)16-9-13(2)19(21)17(20)11-16;1-3(2)4/h4-5,9-12,25H,3,6-8H2,1-2H3;3H,4H2,1-2H3. The number of aliphatic hydroxyl groups excluding tert-OH is 1. The number of anilines is 1. The summed E-state index contributed by atoms with van der Waals surface area (Å²) in [5, 5.41) is 14.5. The van der Waals surface area contributed by atoms with E-state index in [1.807, 2.05) is 32.0 Å². The molecule has 1 heterocycles. The number of hydrogen-bond donors (Lipinski definition) is 2. The zero-order valence-electron chi connectivity index (χ0n) is 17.5. The number of nitrogens with two attached hydrogens (primary N) is 1. The summed E-state index contributed by atoms with van der Waals surface area (Å²) in [5.41, 5.74) is 7.66. The first kappa shape index (κ1) is 22.8. The molecule has 158 valence electrons. The predicted octanol–water partition coefficient (Wildman–Crippen LogP) is 4.17. The van der Waals surface area contributed by atoms with Crippen molar-refractivity contribution >= 4 is 16.6 Å². The predicted molar refractivity (Wildman–Crippen MR) is 115 cm³/mol. The maximum absolute atomic E-state index is 13.7. The second kappa shape index (κ2) is 10.3. The van der Waals surface area contributed by atoms with Crippen molar-refractivity contribution in [2.45, 2.75) is 40.2 Å². The summed E-state index contributed by atoms with van der Waals surface area (Å²) in [6.07, 6.45) is 2.68. The summed E-state index contributed by atoms with van der Waals surface area (Å²) in [5.74, 6) is -1.71. The maximum Gasteiger partial charge on any atom is 0.161 e. The molecule has 3 aromatic rings. The molecule has 2 aromatic carbocycles. The smallest absolute Gasteiger partial charge is 0.161 e. The third-order valence-electron chi connectivity index (χ3n) is 4.22. The van der Waals surface area contributed by atoms with E-state index in [9.17, 15) is 13.9 Å². The topological polar surface area (TPSA) is 67.3 Å². The fraction of sp³-hybridized carbons (Fsp3) is 0.409. The molecule has 0 unspecified atom stereocenters. The van der Waals surface area contributed by atoms with Gasteiger partial charge in [0, 0.05) is 30.2 Å². The highest BCUT2D eigenvalue weighted by molar-refractivity contribution is 5.84. The lowest BCUT2D eigenvalue weighted by Crippen LogP contribution is -2.27. The quantitative estimate of drug-likeness (QED) is 0.647. The fourth-order valence-corrected chi connectivity index (χ4v) is 3.01. The Kier molecular flexibility index (Phi) is 8.10. The molecule has 0 amide bonds. The third kappa shape index (κ3) is 5.74. The van der Waals surface area contributed by atoms with Crippen LogP contribution in [0.15, 0.2) is 36.5 Å². The summed E-state index contributed by atoms with van der Waals surface area (Å²) < 4.78 is 28.8. The van der Waals surface area contributed by atoms with Crippen molar-refractivity contribution in [2.75, 3.05) is 24.6 Å². The van der Waals surface area contributed by atoms with E-state index in [1.54, 1.807) is 16.9 Å². The van der Waals surface area contributed by atoms with Crippen LogP contribution >= 0.6 is 0 Å². The first-order valence-corrected chi connectivity index (χ1v) is 9.83. The van der Waals surface area contributed by atoms with Crippen LogP contribution in [-0.2, 0) is 0 Å². The molecule has 0 aliphatic carbocycles. The van der Waals surface area contributed by atoms with E-state index < -0.39 is 11.6 Å². The highest BCUT2D eigenvalue weighted by Crippen LogP contribution is 2.26. The molecule has 3 N–H and O–H groups in total. The Morgan fingerprint density at radius 2 is 1.86 bits per heavy atom. The van der Waals surface area contributed by atoms with E-state index in [-0.39, 0.29) is 12.2 Å². The van der Waals surface area contributed by atoms with Crippen molar-refractivity contribution in [3.8, 4) is 5.69 Å². The molecule has 0 aliphatic rings. The normalized spacial score (nSPS) is 10.9. The summed E-state index contributed by atoms with van der Waals surface area (Å²) in [6, 6.07) is 8.93. The molecule has 0 bridgehead atoms. The molecule has 0 spiro atoms. The Labute approximate surface area is 170 Å². The van der Waals surface area contributed by atoms with Gasteiger partial charge in [-0.2, -0.15) is 5.10 Å². The van der Waals surface area contributed by atoms with Crippen LogP contribution in [0.4, 0.5) is 14.5 Å². The highest BCUT2D eigenvalue weighted by atomic mass is 19.2. The SMILES string of the molecule is CC(C)N.CCCN(CCO)c1ccc2c(cnn2-c2cc(C)c(F)c(F)c2)c1. The van der Waals surface area contributed by atoms with Crippen LogP contribution in [0.3, 0.4) is 0 Å². The molecule has 3 rings (SSSR count). The molecular formula is C22H30F2N4O. The zero-order chi connectivity index (χ0) is 21.6. The van der Waals surface area contributed by atoms with Crippen LogP contribution in [0, 0.1) is 18.6 Å². The van der Waals surface area contributed by atoms with E-state index in [0.717, 1.165) is 35.6 Å². The Hall–Kier alpha value is -2.51. The number of fused-ring (bicyclic) bond motifs is 1. The number of nitrogens with zero attached hydrogens (tertiary/aromatic N) is 3. The van der Waals surface area contributed by atoms with E-state index in [1.165, 1.54) is 6.92 Å². The van der Waals surface area contributed by atoms with Gasteiger partial charge >= 0.3 is 0 Å². The Bertz CT molecular complexity index is 908. The first-order chi connectivity index (χ1) is 13.8. The lowest BCUT2D eigenvalue weighted by Gasteiger charge is -2.23. The zero-order valence-corrected chi connectivity index (χ0v) is 17.5. The molecular weight excluding hydrogens is 374 g/mol. The van der Waals surface area contributed by atoms with Gasteiger partial charge in [0.2, 0.25) is 0 Å². The molecule has 0 aliphatic heterocycles. The van der Waals surface area contributed by atoms with E-state index in [2.05, 4.69) is 16.9 Å². The van der Waals surface area contributed by atoms with Gasteiger partial charge in [0.25, 0.3) is 0 Å². The lowest BCUT2D eigenvalue weighted by atomic mass is 10.2. The van der Waals surface area contributed by atoms with E-state index in [4.69, 9.17) is 5.73 Å².